The molecule has 1 aliphatic heterocycles. The second kappa shape index (κ2) is 9.24. The van der Waals surface area contributed by atoms with Gasteiger partial charge in [-0.25, -0.2) is 5.48 Å². The standard InChI is InChI=1S/C17H25N3O4/c1-2-11-24-14-7-5-13(6-8-14)16(21)18-12-15(17(22)19-23)20-9-3-4-10-20/h5-8,15,23H,2-4,9-12H2,1H3,(H,18,21)(H,19,22). The van der Waals surface area contributed by atoms with Crippen LogP contribution >= 0.6 is 0 Å². The number of likely N-dealkylation sites (tertiary alicyclic amines) is 1. The van der Waals surface area contributed by atoms with Gasteiger partial charge in [0.15, 0.2) is 0 Å². The minimum Gasteiger partial charge on any atom is -0.494 e. The van der Waals surface area contributed by atoms with E-state index in [4.69, 9.17) is 9.94 Å². The molecule has 1 fully saturated rings. The fourth-order valence-electron chi connectivity index (χ4n) is 2.73. The largest absolute Gasteiger partial charge is 0.494 e. The third-order valence-electron chi connectivity index (χ3n) is 4.04. The molecule has 1 aliphatic rings. The monoisotopic (exact) mass is 335 g/mol. The van der Waals surface area contributed by atoms with Gasteiger partial charge in [0.1, 0.15) is 11.8 Å². The van der Waals surface area contributed by atoms with Gasteiger partial charge in [-0.15, -0.1) is 0 Å². The number of carbonyl (C=O) groups excluding carboxylic acids is 2. The lowest BCUT2D eigenvalue weighted by atomic mass is 10.2. The Bertz CT molecular complexity index is 541. The van der Waals surface area contributed by atoms with Crippen LogP contribution < -0.4 is 15.5 Å². The summed E-state index contributed by atoms with van der Waals surface area (Å²) in [6.45, 7) is 4.40. The van der Waals surface area contributed by atoms with Crippen molar-refractivity contribution in [3.63, 3.8) is 0 Å². The molecule has 0 radical (unpaired) electrons. The van der Waals surface area contributed by atoms with Gasteiger partial charge in [0.05, 0.1) is 6.61 Å². The molecule has 1 heterocycles. The van der Waals surface area contributed by atoms with Crippen LogP contribution in [0.3, 0.4) is 0 Å². The van der Waals surface area contributed by atoms with E-state index in [1.165, 1.54) is 0 Å². The van der Waals surface area contributed by atoms with E-state index < -0.39 is 11.9 Å². The van der Waals surface area contributed by atoms with Crippen LogP contribution in [0.15, 0.2) is 24.3 Å². The van der Waals surface area contributed by atoms with Crippen LogP contribution in [0.2, 0.25) is 0 Å². The van der Waals surface area contributed by atoms with Gasteiger partial charge in [0.25, 0.3) is 11.8 Å². The van der Waals surface area contributed by atoms with Gasteiger partial charge in [-0.2, -0.15) is 0 Å². The van der Waals surface area contributed by atoms with Gasteiger partial charge in [0, 0.05) is 12.1 Å². The Kier molecular flexibility index (Phi) is 7.02. The van der Waals surface area contributed by atoms with Crippen LogP contribution in [0.4, 0.5) is 0 Å². The van der Waals surface area contributed by atoms with E-state index in [9.17, 15) is 9.59 Å². The van der Waals surface area contributed by atoms with Crippen molar-refractivity contribution in [3.05, 3.63) is 29.8 Å². The molecule has 3 N–H and O–H groups in total. The number of hydrogen-bond acceptors (Lipinski definition) is 5. The molecule has 24 heavy (non-hydrogen) atoms. The van der Waals surface area contributed by atoms with Gasteiger partial charge >= 0.3 is 0 Å². The molecule has 1 atom stereocenters. The van der Waals surface area contributed by atoms with Crippen molar-refractivity contribution in [2.45, 2.75) is 32.2 Å². The van der Waals surface area contributed by atoms with E-state index in [0.717, 1.165) is 38.1 Å². The molecule has 0 bridgehead atoms. The first-order valence-electron chi connectivity index (χ1n) is 8.34. The first kappa shape index (κ1) is 18.2. The number of rotatable bonds is 8. The zero-order valence-corrected chi connectivity index (χ0v) is 14.0. The first-order chi connectivity index (χ1) is 11.7. The Hall–Kier alpha value is -2.12. The summed E-state index contributed by atoms with van der Waals surface area (Å²) in [7, 11) is 0. The first-order valence-corrected chi connectivity index (χ1v) is 8.34. The fraction of sp³-hybridized carbons (Fsp3) is 0.529. The molecule has 0 saturated carbocycles. The molecule has 0 spiro atoms. The van der Waals surface area contributed by atoms with E-state index in [-0.39, 0.29) is 12.5 Å². The second-order valence-electron chi connectivity index (χ2n) is 5.82. The van der Waals surface area contributed by atoms with Gasteiger partial charge in [-0.3, -0.25) is 19.7 Å². The van der Waals surface area contributed by atoms with Crippen LogP contribution in [0.1, 0.15) is 36.5 Å². The van der Waals surface area contributed by atoms with Gasteiger partial charge < -0.3 is 10.1 Å². The highest BCUT2D eigenvalue weighted by atomic mass is 16.5. The van der Waals surface area contributed by atoms with E-state index in [1.807, 2.05) is 11.8 Å². The van der Waals surface area contributed by atoms with Crippen LogP contribution in [-0.4, -0.2) is 54.2 Å². The van der Waals surface area contributed by atoms with E-state index in [1.54, 1.807) is 29.7 Å². The minimum atomic E-state index is -0.561. The van der Waals surface area contributed by atoms with Crippen molar-refractivity contribution >= 4 is 11.8 Å². The highest BCUT2D eigenvalue weighted by molar-refractivity contribution is 5.94. The summed E-state index contributed by atoms with van der Waals surface area (Å²) in [6, 6.07) is 6.33. The van der Waals surface area contributed by atoms with Crippen molar-refractivity contribution in [1.29, 1.82) is 0 Å². The maximum Gasteiger partial charge on any atom is 0.262 e. The lowest BCUT2D eigenvalue weighted by molar-refractivity contribution is -0.134. The molecular weight excluding hydrogens is 310 g/mol. The number of hydrogen-bond donors (Lipinski definition) is 3. The van der Waals surface area contributed by atoms with Crippen molar-refractivity contribution in [1.82, 2.24) is 15.7 Å². The summed E-state index contributed by atoms with van der Waals surface area (Å²) in [5.41, 5.74) is 2.19. The van der Waals surface area contributed by atoms with Gasteiger partial charge in [-0.05, 0) is 56.6 Å². The summed E-state index contributed by atoms with van der Waals surface area (Å²) in [5.74, 6) is -0.0320. The summed E-state index contributed by atoms with van der Waals surface area (Å²) >= 11 is 0. The summed E-state index contributed by atoms with van der Waals surface area (Å²) in [5, 5.41) is 11.7. The van der Waals surface area contributed by atoms with E-state index in [0.29, 0.717) is 12.2 Å². The van der Waals surface area contributed by atoms with E-state index in [2.05, 4.69) is 5.32 Å². The SMILES string of the molecule is CCCOc1ccc(C(=O)NCC(C(=O)NO)N2CCCC2)cc1. The zero-order valence-electron chi connectivity index (χ0n) is 14.0. The topological polar surface area (TPSA) is 90.9 Å². The van der Waals surface area contributed by atoms with Crippen molar-refractivity contribution in [3.8, 4) is 5.75 Å². The van der Waals surface area contributed by atoms with Crippen LogP contribution in [-0.2, 0) is 4.79 Å². The zero-order chi connectivity index (χ0) is 17.4. The summed E-state index contributed by atoms with van der Waals surface area (Å²) < 4.78 is 5.48. The normalized spacial score (nSPS) is 15.8. The fourth-order valence-corrected chi connectivity index (χ4v) is 2.73. The second-order valence-corrected chi connectivity index (χ2v) is 5.82. The smallest absolute Gasteiger partial charge is 0.262 e. The Morgan fingerprint density at radius 3 is 2.50 bits per heavy atom. The Balaban J connectivity index is 1.91. The van der Waals surface area contributed by atoms with Gasteiger partial charge in [-0.1, -0.05) is 6.92 Å². The lowest BCUT2D eigenvalue weighted by Gasteiger charge is -2.25. The highest BCUT2D eigenvalue weighted by Crippen LogP contribution is 2.14. The number of benzene rings is 1. The molecule has 7 nitrogen and oxygen atoms in total. The number of nitrogens with zero attached hydrogens (tertiary/aromatic N) is 1. The number of amides is 2. The average Bonchev–Trinajstić information content (AvgIpc) is 3.14. The summed E-state index contributed by atoms with van der Waals surface area (Å²) in [4.78, 5) is 26.0. The molecule has 1 aromatic carbocycles. The Morgan fingerprint density at radius 2 is 1.92 bits per heavy atom. The predicted octanol–water partition coefficient (Wildman–Crippen LogP) is 1.17. The number of nitrogens with one attached hydrogen (secondary N) is 2. The average molecular weight is 335 g/mol. The number of ether oxygens (including phenoxy) is 1. The Morgan fingerprint density at radius 1 is 1.25 bits per heavy atom. The molecular formula is C17H25N3O4. The quantitative estimate of drug-likeness (QED) is 0.490. The van der Waals surface area contributed by atoms with Gasteiger partial charge in [0.2, 0.25) is 0 Å². The van der Waals surface area contributed by atoms with Crippen LogP contribution in [0, 0.1) is 0 Å². The molecule has 132 valence electrons. The third-order valence-corrected chi connectivity index (χ3v) is 4.04. The molecule has 1 saturated heterocycles. The molecule has 2 rings (SSSR count). The molecule has 0 aliphatic carbocycles. The lowest BCUT2D eigenvalue weighted by Crippen LogP contribution is -2.51. The van der Waals surface area contributed by atoms with Crippen molar-refractivity contribution in [2.75, 3.05) is 26.2 Å². The van der Waals surface area contributed by atoms with Crippen LogP contribution in [0.25, 0.3) is 0 Å². The number of carbonyl (C=O) groups is 2. The van der Waals surface area contributed by atoms with Crippen molar-refractivity contribution < 1.29 is 19.5 Å². The highest BCUT2D eigenvalue weighted by Gasteiger charge is 2.28. The summed E-state index contributed by atoms with van der Waals surface area (Å²) in [6.07, 6.45) is 2.96. The van der Waals surface area contributed by atoms with Crippen molar-refractivity contribution in [2.24, 2.45) is 0 Å². The predicted molar refractivity (Wildman–Crippen MR) is 89.1 cm³/mol. The Labute approximate surface area is 141 Å². The molecule has 7 heteroatoms. The minimum absolute atomic E-state index is 0.152. The maximum absolute atomic E-state index is 12.2. The maximum atomic E-state index is 12.2. The molecule has 1 aromatic rings. The van der Waals surface area contributed by atoms with E-state index >= 15 is 0 Å². The molecule has 0 aromatic heterocycles. The molecule has 1 unspecified atom stereocenters. The third kappa shape index (κ3) is 4.94. The molecule has 2 amide bonds. The van der Waals surface area contributed by atoms with Crippen LogP contribution in [0.5, 0.6) is 5.75 Å². The number of hydroxylamine groups is 1.